The molecule has 3 aromatic rings. The molecule has 1 unspecified atom stereocenters. The lowest BCUT2D eigenvalue weighted by atomic mass is 10.1. The average molecular weight is 365 g/mol. The Labute approximate surface area is 157 Å². The maximum Gasteiger partial charge on any atom is 0.253 e. The van der Waals surface area contributed by atoms with E-state index in [2.05, 4.69) is 34.4 Å². The molecule has 2 heterocycles. The Morgan fingerprint density at radius 3 is 2.56 bits per heavy atom. The largest absolute Gasteiger partial charge is 0.357 e. The van der Waals surface area contributed by atoms with Crippen LogP contribution in [0.1, 0.15) is 35.8 Å². The Morgan fingerprint density at radius 1 is 1.15 bits per heavy atom. The van der Waals surface area contributed by atoms with Gasteiger partial charge in [-0.25, -0.2) is 9.97 Å². The highest BCUT2D eigenvalue weighted by Gasteiger charge is 2.22. The third-order valence-corrected chi connectivity index (χ3v) is 4.20. The van der Waals surface area contributed by atoms with Crippen LogP contribution in [0.2, 0.25) is 0 Å². The van der Waals surface area contributed by atoms with Gasteiger partial charge in [-0.3, -0.25) is 9.59 Å². The van der Waals surface area contributed by atoms with Crippen LogP contribution < -0.4 is 10.6 Å². The summed E-state index contributed by atoms with van der Waals surface area (Å²) in [7, 11) is 1.54. The number of likely N-dealkylation sites (N-methyl/N-ethyl adjacent to an activating group) is 1. The van der Waals surface area contributed by atoms with Gasteiger partial charge in [0.05, 0.1) is 11.9 Å². The van der Waals surface area contributed by atoms with Gasteiger partial charge in [0, 0.05) is 19.8 Å². The van der Waals surface area contributed by atoms with E-state index in [1.165, 1.54) is 6.20 Å². The standard InChI is InChI=1S/C20H23N5O2/c1-13(2)11-25-12-23-16-9-15(10-22-18(16)25)19(26)24-17(20(27)21-3)14-7-5-4-6-8-14/h4-10,12-13,17H,11H2,1-3H3,(H,21,27)(H,24,26). The predicted octanol–water partition coefficient (Wildman–Crippen LogP) is 2.30. The Hall–Kier alpha value is -3.22. The molecule has 2 N–H and O–H groups in total. The Kier molecular flexibility index (Phi) is 5.49. The summed E-state index contributed by atoms with van der Waals surface area (Å²) in [5.41, 5.74) is 2.47. The number of hydrogen-bond acceptors (Lipinski definition) is 4. The molecular weight excluding hydrogens is 342 g/mol. The zero-order valence-corrected chi connectivity index (χ0v) is 15.6. The van der Waals surface area contributed by atoms with Gasteiger partial charge in [0.15, 0.2) is 5.65 Å². The maximum atomic E-state index is 12.7. The van der Waals surface area contributed by atoms with Crippen LogP contribution in [0.3, 0.4) is 0 Å². The van der Waals surface area contributed by atoms with E-state index >= 15 is 0 Å². The monoisotopic (exact) mass is 365 g/mol. The molecule has 0 bridgehead atoms. The summed E-state index contributed by atoms with van der Waals surface area (Å²) in [6.07, 6.45) is 3.25. The van der Waals surface area contributed by atoms with Gasteiger partial charge in [0.1, 0.15) is 11.6 Å². The van der Waals surface area contributed by atoms with E-state index in [1.54, 1.807) is 31.6 Å². The van der Waals surface area contributed by atoms with Crippen LogP contribution in [0, 0.1) is 5.92 Å². The van der Waals surface area contributed by atoms with Crippen molar-refractivity contribution in [1.82, 2.24) is 25.2 Å². The second-order valence-electron chi connectivity index (χ2n) is 6.79. The van der Waals surface area contributed by atoms with E-state index in [-0.39, 0.29) is 11.8 Å². The molecule has 0 aliphatic carbocycles. The van der Waals surface area contributed by atoms with Gasteiger partial charge in [-0.1, -0.05) is 44.2 Å². The van der Waals surface area contributed by atoms with Crippen LogP contribution in [0.15, 0.2) is 48.9 Å². The van der Waals surface area contributed by atoms with Crippen molar-refractivity contribution in [2.75, 3.05) is 7.05 Å². The van der Waals surface area contributed by atoms with E-state index in [0.29, 0.717) is 22.6 Å². The van der Waals surface area contributed by atoms with Crippen molar-refractivity contribution in [3.8, 4) is 0 Å². The van der Waals surface area contributed by atoms with Crippen LogP contribution in [0.25, 0.3) is 11.2 Å². The third-order valence-electron chi connectivity index (χ3n) is 4.20. The molecule has 0 radical (unpaired) electrons. The minimum atomic E-state index is -0.780. The first-order valence-electron chi connectivity index (χ1n) is 8.88. The quantitative estimate of drug-likeness (QED) is 0.701. The fraction of sp³-hybridized carbons (Fsp3) is 0.300. The summed E-state index contributed by atoms with van der Waals surface area (Å²) in [5, 5.41) is 5.36. The van der Waals surface area contributed by atoms with Crippen LogP contribution in [-0.4, -0.2) is 33.4 Å². The number of fused-ring (bicyclic) bond motifs is 1. The van der Waals surface area contributed by atoms with Crippen molar-refractivity contribution in [1.29, 1.82) is 0 Å². The summed E-state index contributed by atoms with van der Waals surface area (Å²) in [5.74, 6) is -0.198. The van der Waals surface area contributed by atoms with Gasteiger partial charge in [-0.05, 0) is 17.5 Å². The smallest absolute Gasteiger partial charge is 0.253 e. The number of aromatic nitrogens is 3. The van der Waals surface area contributed by atoms with Gasteiger partial charge >= 0.3 is 0 Å². The minimum Gasteiger partial charge on any atom is -0.357 e. The first-order valence-corrected chi connectivity index (χ1v) is 8.88. The molecular formula is C20H23N5O2. The van der Waals surface area contributed by atoms with Gasteiger partial charge in [0.25, 0.3) is 5.91 Å². The van der Waals surface area contributed by atoms with Gasteiger partial charge in [-0.2, -0.15) is 0 Å². The lowest BCUT2D eigenvalue weighted by molar-refractivity contribution is -0.122. The number of imidazole rings is 1. The summed E-state index contributed by atoms with van der Waals surface area (Å²) in [6.45, 7) is 5.05. The molecule has 0 aliphatic rings. The normalized spacial score (nSPS) is 12.1. The molecule has 0 saturated heterocycles. The first-order chi connectivity index (χ1) is 13.0. The van der Waals surface area contributed by atoms with E-state index in [1.807, 2.05) is 22.8 Å². The molecule has 140 valence electrons. The van der Waals surface area contributed by atoms with Gasteiger partial charge in [0.2, 0.25) is 5.91 Å². The second kappa shape index (κ2) is 7.99. The second-order valence-corrected chi connectivity index (χ2v) is 6.79. The number of carbonyl (C=O) groups is 2. The fourth-order valence-corrected chi connectivity index (χ4v) is 2.90. The molecule has 0 fully saturated rings. The number of benzene rings is 1. The van der Waals surface area contributed by atoms with Crippen molar-refractivity contribution in [3.63, 3.8) is 0 Å². The highest BCUT2D eigenvalue weighted by Crippen LogP contribution is 2.16. The van der Waals surface area contributed by atoms with Crippen molar-refractivity contribution in [3.05, 3.63) is 60.0 Å². The van der Waals surface area contributed by atoms with Gasteiger partial charge < -0.3 is 15.2 Å². The molecule has 0 spiro atoms. The summed E-state index contributed by atoms with van der Waals surface area (Å²) < 4.78 is 1.97. The molecule has 2 aromatic heterocycles. The molecule has 0 aliphatic heterocycles. The summed E-state index contributed by atoms with van der Waals surface area (Å²) in [4.78, 5) is 33.7. The number of amides is 2. The molecule has 1 aromatic carbocycles. The Morgan fingerprint density at radius 2 is 1.89 bits per heavy atom. The zero-order chi connectivity index (χ0) is 19.4. The lowest BCUT2D eigenvalue weighted by Crippen LogP contribution is -2.39. The highest BCUT2D eigenvalue weighted by atomic mass is 16.2. The Bertz CT molecular complexity index is 949. The molecule has 7 nitrogen and oxygen atoms in total. The topological polar surface area (TPSA) is 88.9 Å². The third kappa shape index (κ3) is 4.13. The zero-order valence-electron chi connectivity index (χ0n) is 15.6. The van der Waals surface area contributed by atoms with Crippen molar-refractivity contribution in [2.45, 2.75) is 26.4 Å². The summed E-state index contributed by atoms with van der Waals surface area (Å²) in [6, 6.07) is 10.0. The molecule has 0 saturated carbocycles. The molecule has 3 rings (SSSR count). The highest BCUT2D eigenvalue weighted by molar-refractivity contribution is 5.99. The lowest BCUT2D eigenvalue weighted by Gasteiger charge is -2.17. The van der Waals surface area contributed by atoms with Crippen LogP contribution in [0.4, 0.5) is 0 Å². The fourth-order valence-electron chi connectivity index (χ4n) is 2.90. The number of nitrogens with one attached hydrogen (secondary N) is 2. The van der Waals surface area contributed by atoms with Crippen LogP contribution in [0.5, 0.6) is 0 Å². The predicted molar refractivity (Wildman–Crippen MR) is 103 cm³/mol. The number of nitrogens with zero attached hydrogens (tertiary/aromatic N) is 3. The number of pyridine rings is 1. The SMILES string of the molecule is CNC(=O)C(NC(=O)c1cnc2c(c1)ncn2CC(C)C)c1ccccc1. The number of rotatable bonds is 6. The number of hydrogen-bond donors (Lipinski definition) is 2. The number of carbonyl (C=O) groups excluding carboxylic acids is 2. The van der Waals surface area contributed by atoms with Crippen molar-refractivity contribution in [2.24, 2.45) is 5.92 Å². The van der Waals surface area contributed by atoms with Crippen molar-refractivity contribution < 1.29 is 9.59 Å². The van der Waals surface area contributed by atoms with E-state index < -0.39 is 6.04 Å². The molecule has 2 amide bonds. The molecule has 27 heavy (non-hydrogen) atoms. The van der Waals surface area contributed by atoms with Gasteiger partial charge in [-0.15, -0.1) is 0 Å². The van der Waals surface area contributed by atoms with Crippen molar-refractivity contribution >= 4 is 23.0 Å². The molecule has 1 atom stereocenters. The summed E-state index contributed by atoms with van der Waals surface area (Å²) >= 11 is 0. The van der Waals surface area contributed by atoms with Crippen LogP contribution in [-0.2, 0) is 11.3 Å². The minimum absolute atomic E-state index is 0.287. The van der Waals surface area contributed by atoms with Crippen LogP contribution >= 0.6 is 0 Å². The first kappa shape index (κ1) is 18.6. The van der Waals surface area contributed by atoms with E-state index in [0.717, 1.165) is 12.2 Å². The Balaban J connectivity index is 1.85. The average Bonchev–Trinajstić information content (AvgIpc) is 3.07. The molecule has 7 heteroatoms. The van der Waals surface area contributed by atoms with E-state index in [9.17, 15) is 9.59 Å². The van der Waals surface area contributed by atoms with E-state index in [4.69, 9.17) is 0 Å². The maximum absolute atomic E-state index is 12.7.